The number of amides is 2. The Bertz CT molecular complexity index is 1140. The summed E-state index contributed by atoms with van der Waals surface area (Å²) in [5, 5.41) is 5.68. The maximum Gasteiger partial charge on any atom is 0.278 e. The van der Waals surface area contributed by atoms with Gasteiger partial charge in [0.05, 0.1) is 19.2 Å². The lowest BCUT2D eigenvalue weighted by atomic mass is 10.1. The van der Waals surface area contributed by atoms with Gasteiger partial charge in [-0.1, -0.05) is 29.8 Å². The second kappa shape index (κ2) is 8.34. The third-order valence-corrected chi connectivity index (χ3v) is 6.01. The van der Waals surface area contributed by atoms with Gasteiger partial charge in [-0.15, -0.1) is 11.3 Å². The first-order valence-electron chi connectivity index (χ1n) is 9.28. The van der Waals surface area contributed by atoms with Crippen LogP contribution >= 0.6 is 22.9 Å². The molecule has 2 amide bonds. The van der Waals surface area contributed by atoms with Crippen molar-refractivity contribution >= 4 is 46.0 Å². The predicted octanol–water partition coefficient (Wildman–Crippen LogP) is 5.11. The minimum Gasteiger partial charge on any atom is -0.497 e. The van der Waals surface area contributed by atoms with Crippen molar-refractivity contribution in [2.75, 3.05) is 12.4 Å². The van der Waals surface area contributed by atoms with Crippen molar-refractivity contribution < 1.29 is 14.3 Å². The zero-order valence-electron chi connectivity index (χ0n) is 16.4. The van der Waals surface area contributed by atoms with Crippen LogP contribution in [0.5, 0.6) is 5.75 Å². The van der Waals surface area contributed by atoms with E-state index in [0.29, 0.717) is 10.6 Å². The fourth-order valence-electron chi connectivity index (χ4n) is 3.30. The van der Waals surface area contributed by atoms with Crippen molar-refractivity contribution in [1.82, 2.24) is 4.90 Å². The lowest BCUT2D eigenvalue weighted by Crippen LogP contribution is -2.32. The summed E-state index contributed by atoms with van der Waals surface area (Å²) in [4.78, 5) is 28.5. The minimum atomic E-state index is -0.353. The third-order valence-electron chi connectivity index (χ3n) is 4.88. The molecule has 0 saturated carbocycles. The molecule has 1 aromatic heterocycles. The van der Waals surface area contributed by atoms with Crippen LogP contribution in [-0.2, 0) is 16.1 Å². The number of nitrogens with one attached hydrogen (secondary N) is 1. The smallest absolute Gasteiger partial charge is 0.278 e. The van der Waals surface area contributed by atoms with Crippen LogP contribution in [0.2, 0.25) is 5.02 Å². The number of thiophene rings is 1. The Morgan fingerprint density at radius 3 is 2.47 bits per heavy atom. The topological polar surface area (TPSA) is 58.6 Å². The summed E-state index contributed by atoms with van der Waals surface area (Å²) in [6, 6.07) is 16.4. The van der Waals surface area contributed by atoms with Crippen LogP contribution in [0.15, 0.2) is 65.7 Å². The number of nitrogens with zero attached hydrogens (tertiary/aromatic N) is 1. The fraction of sp³-hybridized carbons (Fsp3) is 0.130. The summed E-state index contributed by atoms with van der Waals surface area (Å²) in [6.45, 7) is 2.08. The normalized spacial score (nSPS) is 13.9. The molecule has 0 saturated heterocycles. The van der Waals surface area contributed by atoms with E-state index in [9.17, 15) is 9.59 Å². The fourth-order valence-corrected chi connectivity index (χ4v) is 4.30. The molecule has 0 fully saturated rings. The molecule has 1 N–H and O–H groups in total. The summed E-state index contributed by atoms with van der Waals surface area (Å²) in [5.41, 5.74) is 3.12. The van der Waals surface area contributed by atoms with Gasteiger partial charge in [-0.05, 0) is 59.8 Å². The zero-order valence-corrected chi connectivity index (χ0v) is 18.0. The highest BCUT2D eigenvalue weighted by Gasteiger charge is 2.39. The molecule has 0 bridgehead atoms. The lowest BCUT2D eigenvalue weighted by molar-refractivity contribution is -0.137. The van der Waals surface area contributed by atoms with Gasteiger partial charge in [-0.2, -0.15) is 0 Å². The van der Waals surface area contributed by atoms with Crippen molar-refractivity contribution in [2.45, 2.75) is 13.5 Å². The molecule has 2 heterocycles. The number of anilines is 1. The van der Waals surface area contributed by atoms with E-state index in [0.717, 1.165) is 27.4 Å². The molecule has 30 heavy (non-hydrogen) atoms. The van der Waals surface area contributed by atoms with Gasteiger partial charge in [0.25, 0.3) is 11.8 Å². The number of hydrogen-bond donors (Lipinski definition) is 1. The Morgan fingerprint density at radius 1 is 1.07 bits per heavy atom. The first kappa shape index (κ1) is 20.2. The van der Waals surface area contributed by atoms with Crippen molar-refractivity contribution in [2.24, 2.45) is 0 Å². The van der Waals surface area contributed by atoms with Gasteiger partial charge >= 0.3 is 0 Å². The lowest BCUT2D eigenvalue weighted by Gasteiger charge is -2.16. The minimum absolute atomic E-state index is 0.182. The first-order valence-corrected chi connectivity index (χ1v) is 10.5. The van der Waals surface area contributed by atoms with E-state index in [4.69, 9.17) is 16.3 Å². The summed E-state index contributed by atoms with van der Waals surface area (Å²) in [6.07, 6.45) is 0. The number of imide groups is 1. The zero-order chi connectivity index (χ0) is 21.3. The van der Waals surface area contributed by atoms with Crippen molar-refractivity contribution in [1.29, 1.82) is 0 Å². The van der Waals surface area contributed by atoms with E-state index in [2.05, 4.69) is 5.32 Å². The Hall–Kier alpha value is -3.09. The molecular weight excluding hydrogens is 420 g/mol. The highest BCUT2D eigenvalue weighted by Crippen LogP contribution is 2.34. The molecule has 4 rings (SSSR count). The number of benzene rings is 2. The number of hydrogen-bond acceptors (Lipinski definition) is 5. The molecule has 0 unspecified atom stereocenters. The van der Waals surface area contributed by atoms with E-state index in [1.54, 1.807) is 19.2 Å². The van der Waals surface area contributed by atoms with Crippen LogP contribution in [0.4, 0.5) is 5.69 Å². The summed E-state index contributed by atoms with van der Waals surface area (Å²) >= 11 is 7.48. The Kier molecular flexibility index (Phi) is 5.61. The van der Waals surface area contributed by atoms with E-state index in [-0.39, 0.29) is 24.1 Å². The van der Waals surface area contributed by atoms with Crippen LogP contribution in [0.1, 0.15) is 16.0 Å². The Balaban J connectivity index is 1.69. The van der Waals surface area contributed by atoms with E-state index >= 15 is 0 Å². The molecule has 152 valence electrons. The highest BCUT2D eigenvalue weighted by atomic mass is 35.5. The number of ether oxygens (including phenoxy) is 1. The Labute approximate surface area is 183 Å². The molecular formula is C23H19ClN2O3S. The van der Waals surface area contributed by atoms with Crippen LogP contribution < -0.4 is 10.1 Å². The molecule has 0 aliphatic carbocycles. The maximum absolute atomic E-state index is 13.3. The van der Waals surface area contributed by atoms with Gasteiger partial charge in [0.2, 0.25) is 0 Å². The molecule has 7 heteroatoms. The third kappa shape index (κ3) is 3.84. The standard InChI is InChI=1S/C23H19ClN2O3S/c1-14-12-16(24)7-10-18(14)25-21-20(19-4-3-11-30-19)22(27)26(23(21)28)13-15-5-8-17(29-2)9-6-15/h3-12,25H,13H2,1-2H3. The number of carbonyl (C=O) groups excluding carboxylic acids is 2. The van der Waals surface area contributed by atoms with Gasteiger partial charge in [0.15, 0.2) is 0 Å². The van der Waals surface area contributed by atoms with Crippen molar-refractivity contribution in [3.8, 4) is 5.75 Å². The SMILES string of the molecule is COc1ccc(CN2C(=O)C(Nc3ccc(Cl)cc3C)=C(c3cccs3)C2=O)cc1. The number of methoxy groups -OCH3 is 1. The monoisotopic (exact) mass is 438 g/mol. The van der Waals surface area contributed by atoms with Gasteiger partial charge in [-0.3, -0.25) is 14.5 Å². The van der Waals surface area contributed by atoms with Crippen molar-refractivity contribution in [3.05, 3.63) is 86.7 Å². The van der Waals surface area contributed by atoms with E-state index < -0.39 is 0 Å². The molecule has 3 aromatic rings. The average Bonchev–Trinajstić information content (AvgIpc) is 3.33. The second-order valence-electron chi connectivity index (χ2n) is 6.86. The van der Waals surface area contributed by atoms with Crippen molar-refractivity contribution in [3.63, 3.8) is 0 Å². The van der Waals surface area contributed by atoms with Crippen LogP contribution in [0, 0.1) is 6.92 Å². The van der Waals surface area contributed by atoms with E-state index in [1.807, 2.05) is 54.8 Å². The van der Waals surface area contributed by atoms with E-state index in [1.165, 1.54) is 16.2 Å². The number of carbonyl (C=O) groups is 2. The Morgan fingerprint density at radius 2 is 1.83 bits per heavy atom. The summed E-state index contributed by atoms with van der Waals surface area (Å²) in [5.74, 6) is 0.0525. The first-order chi connectivity index (χ1) is 14.5. The van der Waals surface area contributed by atoms with Gasteiger partial charge < -0.3 is 10.1 Å². The molecule has 1 aliphatic heterocycles. The molecule has 0 atom stereocenters. The number of aryl methyl sites for hydroxylation is 1. The largest absolute Gasteiger partial charge is 0.497 e. The van der Waals surface area contributed by atoms with Crippen LogP contribution in [0.3, 0.4) is 0 Å². The van der Waals surface area contributed by atoms with Crippen LogP contribution in [0.25, 0.3) is 5.57 Å². The summed E-state index contributed by atoms with van der Waals surface area (Å²) < 4.78 is 5.18. The molecule has 2 aromatic carbocycles. The van der Waals surface area contributed by atoms with Gasteiger partial charge in [-0.25, -0.2) is 0 Å². The molecule has 5 nitrogen and oxygen atoms in total. The highest BCUT2D eigenvalue weighted by molar-refractivity contribution is 7.11. The number of rotatable bonds is 6. The number of halogens is 1. The maximum atomic E-state index is 13.3. The quantitative estimate of drug-likeness (QED) is 0.543. The van der Waals surface area contributed by atoms with Gasteiger partial charge in [0.1, 0.15) is 11.4 Å². The van der Waals surface area contributed by atoms with Crippen LogP contribution in [-0.4, -0.2) is 23.8 Å². The molecule has 1 aliphatic rings. The second-order valence-corrected chi connectivity index (χ2v) is 8.24. The molecule has 0 radical (unpaired) electrons. The average molecular weight is 439 g/mol. The van der Waals surface area contributed by atoms with Gasteiger partial charge in [0, 0.05) is 15.6 Å². The summed E-state index contributed by atoms with van der Waals surface area (Å²) in [7, 11) is 1.59. The predicted molar refractivity (Wildman–Crippen MR) is 120 cm³/mol. The molecule has 0 spiro atoms.